The Labute approximate surface area is 174 Å². The van der Waals surface area contributed by atoms with E-state index in [0.29, 0.717) is 40.0 Å². The average Bonchev–Trinajstić information content (AvgIpc) is 3.41. The summed E-state index contributed by atoms with van der Waals surface area (Å²) in [4.78, 5) is 14.2. The first-order valence-corrected chi connectivity index (χ1v) is 12.2. The Kier molecular flexibility index (Phi) is 6.16. The second-order valence-corrected chi connectivity index (χ2v) is 10.9. The predicted octanol–water partition coefficient (Wildman–Crippen LogP) is 1.76. The molecule has 0 spiro atoms. The molecule has 2 saturated heterocycles. The predicted molar refractivity (Wildman–Crippen MR) is 112 cm³/mol. The highest BCUT2D eigenvalue weighted by atomic mass is 32.2. The molecule has 0 saturated carbocycles. The third-order valence-electron chi connectivity index (χ3n) is 5.67. The minimum absolute atomic E-state index is 0.287. The van der Waals surface area contributed by atoms with E-state index in [-0.39, 0.29) is 5.56 Å². The van der Waals surface area contributed by atoms with Gasteiger partial charge >= 0.3 is 0 Å². The van der Waals surface area contributed by atoms with Gasteiger partial charge in [-0.15, -0.1) is 11.3 Å². The molecule has 158 valence electrons. The molecule has 0 bridgehead atoms. The molecule has 8 nitrogen and oxygen atoms in total. The number of likely N-dealkylation sites (N-methyl/N-ethyl adjacent to an activating group) is 1. The molecule has 29 heavy (non-hydrogen) atoms. The first-order chi connectivity index (χ1) is 13.9. The van der Waals surface area contributed by atoms with Crippen molar-refractivity contribution in [3.63, 3.8) is 0 Å². The molecule has 0 aromatic carbocycles. The number of nitrogens with zero attached hydrogens (tertiary/aromatic N) is 3. The Bertz CT molecular complexity index is 969. The number of rotatable bonds is 6. The van der Waals surface area contributed by atoms with Gasteiger partial charge in [0.25, 0.3) is 15.6 Å². The van der Waals surface area contributed by atoms with Crippen LogP contribution in [0.1, 0.15) is 25.7 Å². The summed E-state index contributed by atoms with van der Waals surface area (Å²) >= 11 is 1.18. The van der Waals surface area contributed by atoms with Gasteiger partial charge in [-0.05, 0) is 50.9 Å². The standard InChI is InChI=1S/C19H26N4O4S2/c1-22(13-15-3-2-12-27-15)14-8-10-23(11-9-14)29(25,26)19-7-5-17(28-19)16-4-6-18(24)21-20-16/h4-7,14-15H,2-3,8-13H2,1H3,(H,21,24)/t15-/m1/s1. The first kappa shape index (κ1) is 20.7. The maximum absolute atomic E-state index is 13.1. The highest BCUT2D eigenvalue weighted by Gasteiger charge is 2.32. The molecule has 2 aromatic heterocycles. The van der Waals surface area contributed by atoms with Crippen molar-refractivity contribution >= 4 is 21.4 Å². The van der Waals surface area contributed by atoms with Crippen LogP contribution in [0, 0.1) is 0 Å². The maximum Gasteiger partial charge on any atom is 0.264 e. The van der Waals surface area contributed by atoms with E-state index in [9.17, 15) is 13.2 Å². The number of sulfonamides is 1. The minimum atomic E-state index is -3.52. The molecule has 2 aliphatic rings. The third kappa shape index (κ3) is 4.61. The van der Waals surface area contributed by atoms with Crippen molar-refractivity contribution in [2.75, 3.05) is 33.3 Å². The number of nitrogens with one attached hydrogen (secondary N) is 1. The number of thiophene rings is 1. The van der Waals surface area contributed by atoms with Gasteiger partial charge in [0.2, 0.25) is 0 Å². The molecule has 0 aliphatic carbocycles. The van der Waals surface area contributed by atoms with Crippen molar-refractivity contribution in [2.45, 2.75) is 42.0 Å². The molecule has 4 heterocycles. The maximum atomic E-state index is 13.1. The molecule has 2 fully saturated rings. The van der Waals surface area contributed by atoms with Crippen LogP contribution in [-0.2, 0) is 14.8 Å². The lowest BCUT2D eigenvalue weighted by Crippen LogP contribution is -2.47. The summed E-state index contributed by atoms with van der Waals surface area (Å²) in [7, 11) is -1.41. The van der Waals surface area contributed by atoms with Gasteiger partial charge in [0.1, 0.15) is 9.90 Å². The van der Waals surface area contributed by atoms with Gasteiger partial charge in [-0.3, -0.25) is 4.79 Å². The summed E-state index contributed by atoms with van der Waals surface area (Å²) in [6.45, 7) is 2.81. The fraction of sp³-hybridized carbons (Fsp3) is 0.579. The fourth-order valence-corrected chi connectivity index (χ4v) is 6.89. The number of aromatic amines is 1. The van der Waals surface area contributed by atoms with Crippen LogP contribution < -0.4 is 5.56 Å². The molecule has 4 rings (SSSR count). The van der Waals surface area contributed by atoms with Gasteiger partial charge in [0, 0.05) is 38.3 Å². The molecule has 1 N–H and O–H groups in total. The monoisotopic (exact) mass is 438 g/mol. The van der Waals surface area contributed by atoms with E-state index < -0.39 is 10.0 Å². The number of ether oxygens (including phenoxy) is 1. The number of hydrogen-bond acceptors (Lipinski definition) is 7. The third-order valence-corrected chi connectivity index (χ3v) is 9.14. The van der Waals surface area contributed by atoms with Crippen LogP contribution in [0.4, 0.5) is 0 Å². The SMILES string of the molecule is CN(C[C@H]1CCCO1)C1CCN(S(=O)(=O)c2ccc(-c3ccc(=O)[nH]n3)s2)CC1. The van der Waals surface area contributed by atoms with Crippen molar-refractivity contribution in [3.8, 4) is 10.6 Å². The minimum Gasteiger partial charge on any atom is -0.377 e. The van der Waals surface area contributed by atoms with E-state index in [0.717, 1.165) is 38.8 Å². The second-order valence-electron chi connectivity index (χ2n) is 7.63. The molecule has 1 atom stereocenters. The fourth-order valence-electron chi connectivity index (χ4n) is 3.99. The number of H-pyrrole nitrogens is 1. The van der Waals surface area contributed by atoms with Crippen molar-refractivity contribution in [3.05, 3.63) is 34.6 Å². The van der Waals surface area contributed by atoms with E-state index >= 15 is 0 Å². The van der Waals surface area contributed by atoms with Crippen LogP contribution in [0.25, 0.3) is 10.6 Å². The Morgan fingerprint density at radius 1 is 1.24 bits per heavy atom. The van der Waals surface area contributed by atoms with E-state index in [1.807, 2.05) is 0 Å². The molecule has 10 heteroatoms. The van der Waals surface area contributed by atoms with Gasteiger partial charge in [0.15, 0.2) is 0 Å². The van der Waals surface area contributed by atoms with Crippen LogP contribution in [0.2, 0.25) is 0 Å². The van der Waals surface area contributed by atoms with Crippen LogP contribution in [0.5, 0.6) is 0 Å². The van der Waals surface area contributed by atoms with Crippen LogP contribution >= 0.6 is 11.3 Å². The molecule has 2 aliphatic heterocycles. The Morgan fingerprint density at radius 2 is 2.03 bits per heavy atom. The van der Waals surface area contributed by atoms with Gasteiger partial charge in [-0.1, -0.05) is 0 Å². The molecule has 0 unspecified atom stereocenters. The summed E-state index contributed by atoms with van der Waals surface area (Å²) < 4.78 is 33.7. The van der Waals surface area contributed by atoms with E-state index in [1.165, 1.54) is 17.4 Å². The van der Waals surface area contributed by atoms with Crippen molar-refractivity contribution < 1.29 is 13.2 Å². The van der Waals surface area contributed by atoms with E-state index in [1.54, 1.807) is 22.5 Å². The first-order valence-electron chi connectivity index (χ1n) is 9.91. The smallest absolute Gasteiger partial charge is 0.264 e. The average molecular weight is 439 g/mol. The second kappa shape index (κ2) is 8.65. The van der Waals surface area contributed by atoms with Crippen LogP contribution in [0.3, 0.4) is 0 Å². The Hall–Kier alpha value is -1.59. The number of aromatic nitrogens is 2. The summed E-state index contributed by atoms with van der Waals surface area (Å²) in [6, 6.07) is 6.72. The molecular formula is C19H26N4O4S2. The van der Waals surface area contributed by atoms with Gasteiger partial charge in [-0.2, -0.15) is 9.40 Å². The summed E-state index contributed by atoms with van der Waals surface area (Å²) in [5.74, 6) is 0. The molecule has 0 radical (unpaired) electrons. The lowest BCUT2D eigenvalue weighted by molar-refractivity contribution is 0.0582. The lowest BCUT2D eigenvalue weighted by atomic mass is 10.0. The Balaban J connectivity index is 1.38. The van der Waals surface area contributed by atoms with Crippen LogP contribution in [-0.4, -0.2) is 73.3 Å². The lowest BCUT2D eigenvalue weighted by Gasteiger charge is -2.36. The largest absolute Gasteiger partial charge is 0.377 e. The van der Waals surface area contributed by atoms with E-state index in [2.05, 4.69) is 22.1 Å². The molecule has 2 aromatic rings. The zero-order valence-corrected chi connectivity index (χ0v) is 18.0. The van der Waals surface area contributed by atoms with Crippen molar-refractivity contribution in [2.24, 2.45) is 0 Å². The summed E-state index contributed by atoms with van der Waals surface area (Å²) in [6.07, 6.45) is 4.20. The normalized spacial score (nSPS) is 21.8. The molecular weight excluding hydrogens is 412 g/mol. The zero-order chi connectivity index (χ0) is 20.4. The Morgan fingerprint density at radius 3 is 2.69 bits per heavy atom. The number of piperidine rings is 1. The van der Waals surface area contributed by atoms with Crippen molar-refractivity contribution in [1.29, 1.82) is 0 Å². The van der Waals surface area contributed by atoms with Gasteiger partial charge in [0.05, 0.1) is 11.0 Å². The molecule has 0 amide bonds. The highest BCUT2D eigenvalue weighted by Crippen LogP contribution is 2.32. The van der Waals surface area contributed by atoms with Crippen molar-refractivity contribution in [1.82, 2.24) is 19.4 Å². The summed E-state index contributed by atoms with van der Waals surface area (Å²) in [5, 5.41) is 6.35. The topological polar surface area (TPSA) is 95.6 Å². The zero-order valence-electron chi connectivity index (χ0n) is 16.4. The quantitative estimate of drug-likeness (QED) is 0.738. The van der Waals surface area contributed by atoms with Crippen LogP contribution in [0.15, 0.2) is 33.3 Å². The van der Waals surface area contributed by atoms with E-state index in [4.69, 9.17) is 4.74 Å². The summed E-state index contributed by atoms with van der Waals surface area (Å²) in [5.41, 5.74) is 0.274. The van der Waals surface area contributed by atoms with Gasteiger partial charge < -0.3 is 9.64 Å². The van der Waals surface area contributed by atoms with Gasteiger partial charge in [-0.25, -0.2) is 13.5 Å². The number of hydrogen-bond donors (Lipinski definition) is 1. The highest BCUT2D eigenvalue weighted by molar-refractivity contribution is 7.91.